The largest absolute Gasteiger partial charge is 0.481 e. The summed E-state index contributed by atoms with van der Waals surface area (Å²) in [5.41, 5.74) is 15.6. The molecule has 0 aromatic carbocycles. The normalized spacial score (nSPS) is 13.7. The second kappa shape index (κ2) is 12.4. The molecule has 0 saturated heterocycles. The predicted octanol–water partition coefficient (Wildman–Crippen LogP) is -3.72. The van der Waals surface area contributed by atoms with Crippen molar-refractivity contribution in [3.05, 3.63) is 0 Å². The van der Waals surface area contributed by atoms with Crippen molar-refractivity contribution in [1.82, 2.24) is 10.6 Å². The van der Waals surface area contributed by atoms with Crippen molar-refractivity contribution in [2.45, 2.75) is 43.8 Å². The number of carbonyl (C=O) groups excluding carboxylic acids is 2. The van der Waals surface area contributed by atoms with Crippen molar-refractivity contribution >= 4 is 29.7 Å². The van der Waals surface area contributed by atoms with E-state index in [1.54, 1.807) is 0 Å². The van der Waals surface area contributed by atoms with Crippen LogP contribution in [0.15, 0.2) is 4.99 Å². The highest BCUT2D eigenvalue weighted by Crippen LogP contribution is 2.03. The standard InChI is InChI=1S/C14H26N6O7/c15-7(6-21)11(24)19-8(3-4-10(22)23)12(25)20-9(13(26)27)2-1-5-18-14(16)17/h7-9,21H,1-6,15H2,(H,19,24)(H,20,25)(H,22,23)(H,26,27)(H4,16,17,18)/t7-,8-,9-/m0/s1. The van der Waals surface area contributed by atoms with Crippen molar-refractivity contribution in [2.75, 3.05) is 13.2 Å². The molecule has 154 valence electrons. The predicted molar refractivity (Wildman–Crippen MR) is 93.3 cm³/mol. The van der Waals surface area contributed by atoms with E-state index >= 15 is 0 Å². The van der Waals surface area contributed by atoms with E-state index in [0.717, 1.165) is 0 Å². The van der Waals surface area contributed by atoms with Gasteiger partial charge in [-0.2, -0.15) is 0 Å². The van der Waals surface area contributed by atoms with E-state index in [4.69, 9.17) is 27.4 Å². The van der Waals surface area contributed by atoms with Crippen molar-refractivity contribution in [2.24, 2.45) is 22.2 Å². The molecule has 27 heavy (non-hydrogen) atoms. The molecular formula is C14H26N6O7. The molecule has 0 saturated carbocycles. The zero-order valence-electron chi connectivity index (χ0n) is 14.6. The third-order valence-corrected chi connectivity index (χ3v) is 3.37. The summed E-state index contributed by atoms with van der Waals surface area (Å²) < 4.78 is 0. The molecule has 11 N–H and O–H groups in total. The maximum atomic E-state index is 12.3. The van der Waals surface area contributed by atoms with Gasteiger partial charge in [0.05, 0.1) is 6.61 Å². The maximum Gasteiger partial charge on any atom is 0.326 e. The number of carboxylic acids is 2. The minimum absolute atomic E-state index is 0.00754. The van der Waals surface area contributed by atoms with Crippen LogP contribution < -0.4 is 27.8 Å². The van der Waals surface area contributed by atoms with Gasteiger partial charge in [0.1, 0.15) is 18.1 Å². The third-order valence-electron chi connectivity index (χ3n) is 3.37. The first kappa shape index (κ1) is 24.1. The lowest BCUT2D eigenvalue weighted by Gasteiger charge is -2.22. The molecule has 0 heterocycles. The first-order chi connectivity index (χ1) is 12.6. The molecule has 0 aliphatic rings. The van der Waals surface area contributed by atoms with Crippen molar-refractivity contribution < 1.29 is 34.5 Å². The van der Waals surface area contributed by atoms with Gasteiger partial charge in [-0.15, -0.1) is 0 Å². The van der Waals surface area contributed by atoms with E-state index in [-0.39, 0.29) is 31.8 Å². The van der Waals surface area contributed by atoms with Crippen LogP contribution in [0, 0.1) is 0 Å². The zero-order valence-corrected chi connectivity index (χ0v) is 14.6. The summed E-state index contributed by atoms with van der Waals surface area (Å²) in [5, 5.41) is 31.3. The molecule has 0 aliphatic heterocycles. The van der Waals surface area contributed by atoms with E-state index in [2.05, 4.69) is 15.6 Å². The minimum Gasteiger partial charge on any atom is -0.481 e. The SMILES string of the molecule is NC(N)=NCCC[C@H](NC(=O)[C@H](CCC(=O)O)NC(=O)[C@@H](N)CO)C(=O)O. The maximum absolute atomic E-state index is 12.3. The third kappa shape index (κ3) is 10.6. The second-order valence-electron chi connectivity index (χ2n) is 5.63. The van der Waals surface area contributed by atoms with Gasteiger partial charge in [0.25, 0.3) is 0 Å². The molecular weight excluding hydrogens is 364 g/mol. The quantitative estimate of drug-likeness (QED) is 0.0867. The number of nitrogens with two attached hydrogens (primary N) is 3. The second-order valence-corrected chi connectivity index (χ2v) is 5.63. The Kier molecular flexibility index (Phi) is 11.1. The number of rotatable bonds is 13. The number of carbonyl (C=O) groups is 4. The number of amides is 2. The van der Waals surface area contributed by atoms with Crippen LogP contribution in [0.25, 0.3) is 0 Å². The molecule has 0 radical (unpaired) electrons. The topological polar surface area (TPSA) is 243 Å². The van der Waals surface area contributed by atoms with Gasteiger partial charge in [-0.05, 0) is 19.3 Å². The van der Waals surface area contributed by atoms with Gasteiger partial charge in [-0.25, -0.2) is 4.79 Å². The number of hydrogen-bond acceptors (Lipinski definition) is 7. The Morgan fingerprint density at radius 1 is 0.963 bits per heavy atom. The van der Waals surface area contributed by atoms with Gasteiger partial charge in [0, 0.05) is 13.0 Å². The zero-order chi connectivity index (χ0) is 21.0. The summed E-state index contributed by atoms with van der Waals surface area (Å²) in [4.78, 5) is 49.8. The van der Waals surface area contributed by atoms with E-state index in [1.165, 1.54) is 0 Å². The molecule has 13 nitrogen and oxygen atoms in total. The lowest BCUT2D eigenvalue weighted by atomic mass is 10.1. The number of aliphatic carboxylic acids is 2. The number of aliphatic hydroxyl groups is 1. The molecule has 0 aliphatic carbocycles. The lowest BCUT2D eigenvalue weighted by molar-refractivity contribution is -0.143. The van der Waals surface area contributed by atoms with Crippen LogP contribution in [0.4, 0.5) is 0 Å². The van der Waals surface area contributed by atoms with Crippen LogP contribution in [0.5, 0.6) is 0 Å². The number of nitrogens with one attached hydrogen (secondary N) is 2. The first-order valence-electron chi connectivity index (χ1n) is 8.05. The number of hydrogen-bond donors (Lipinski definition) is 8. The molecule has 0 aromatic heterocycles. The number of carboxylic acid groups (broad SMARTS) is 2. The van der Waals surface area contributed by atoms with Gasteiger partial charge in [-0.3, -0.25) is 19.4 Å². The molecule has 3 atom stereocenters. The van der Waals surface area contributed by atoms with Crippen molar-refractivity contribution in [1.29, 1.82) is 0 Å². The van der Waals surface area contributed by atoms with Gasteiger partial charge in [0.15, 0.2) is 5.96 Å². The summed E-state index contributed by atoms with van der Waals surface area (Å²) in [6.45, 7) is -0.520. The molecule has 0 unspecified atom stereocenters. The van der Waals surface area contributed by atoms with Gasteiger partial charge in [0.2, 0.25) is 11.8 Å². The summed E-state index contributed by atoms with van der Waals surface area (Å²) >= 11 is 0. The Hall–Kier alpha value is -2.93. The molecule has 2 amide bonds. The molecule has 0 rings (SSSR count). The van der Waals surface area contributed by atoms with Crippen LogP contribution in [-0.2, 0) is 19.2 Å². The van der Waals surface area contributed by atoms with Crippen LogP contribution in [-0.4, -0.2) is 76.3 Å². The summed E-state index contributed by atoms with van der Waals surface area (Å²) in [7, 11) is 0. The van der Waals surface area contributed by atoms with E-state index in [0.29, 0.717) is 0 Å². The monoisotopic (exact) mass is 390 g/mol. The molecule has 13 heteroatoms. The number of guanidine groups is 1. The van der Waals surface area contributed by atoms with Crippen molar-refractivity contribution in [3.8, 4) is 0 Å². The smallest absolute Gasteiger partial charge is 0.326 e. The molecule has 0 fully saturated rings. The summed E-state index contributed by atoms with van der Waals surface area (Å²) in [5.74, 6) is -4.43. The fourth-order valence-corrected chi connectivity index (χ4v) is 1.93. The van der Waals surface area contributed by atoms with Crippen molar-refractivity contribution in [3.63, 3.8) is 0 Å². The van der Waals surface area contributed by atoms with Crippen LogP contribution in [0.1, 0.15) is 25.7 Å². The molecule has 0 spiro atoms. The minimum atomic E-state index is -1.33. The highest BCUT2D eigenvalue weighted by Gasteiger charge is 2.28. The van der Waals surface area contributed by atoms with E-state index in [1.807, 2.05) is 0 Å². The average molecular weight is 390 g/mol. The highest BCUT2D eigenvalue weighted by atomic mass is 16.4. The Morgan fingerprint density at radius 2 is 1.56 bits per heavy atom. The molecule has 0 aromatic rings. The summed E-state index contributed by atoms with van der Waals surface area (Å²) in [6, 6.07) is -3.92. The number of nitrogens with zero attached hydrogens (tertiary/aromatic N) is 1. The number of aliphatic imine (C=N–C) groups is 1. The summed E-state index contributed by atoms with van der Waals surface area (Å²) in [6.07, 6.45) is -0.468. The molecule has 0 bridgehead atoms. The Labute approximate surface area is 155 Å². The van der Waals surface area contributed by atoms with Crippen LogP contribution >= 0.6 is 0 Å². The average Bonchev–Trinajstić information content (AvgIpc) is 2.59. The Balaban J connectivity index is 4.97. The first-order valence-corrected chi connectivity index (χ1v) is 8.05. The van der Waals surface area contributed by atoms with Crippen LogP contribution in [0.2, 0.25) is 0 Å². The van der Waals surface area contributed by atoms with Crippen LogP contribution in [0.3, 0.4) is 0 Å². The highest BCUT2D eigenvalue weighted by molar-refractivity contribution is 5.92. The Bertz CT molecular complexity index is 564. The fraction of sp³-hybridized carbons (Fsp3) is 0.643. The van der Waals surface area contributed by atoms with E-state index < -0.39 is 54.9 Å². The Morgan fingerprint density at radius 3 is 2.04 bits per heavy atom. The van der Waals surface area contributed by atoms with Gasteiger partial charge < -0.3 is 43.2 Å². The van der Waals surface area contributed by atoms with E-state index in [9.17, 15) is 24.3 Å². The van der Waals surface area contributed by atoms with Gasteiger partial charge in [-0.1, -0.05) is 0 Å². The van der Waals surface area contributed by atoms with Gasteiger partial charge >= 0.3 is 11.9 Å². The fourth-order valence-electron chi connectivity index (χ4n) is 1.93. The lowest BCUT2D eigenvalue weighted by Crippen LogP contribution is -2.55. The number of aliphatic hydroxyl groups excluding tert-OH is 1.